The van der Waals surface area contributed by atoms with Crippen molar-refractivity contribution >= 4 is 17.4 Å². The number of rotatable bonds is 2. The first-order valence-corrected chi connectivity index (χ1v) is 5.98. The number of aryl methyl sites for hydroxylation is 1. The minimum atomic E-state index is 0.372. The molecule has 0 unspecified atom stereocenters. The maximum absolute atomic E-state index is 6.11. The van der Waals surface area contributed by atoms with Crippen molar-refractivity contribution in [2.75, 3.05) is 5.73 Å². The number of nitrogens with zero attached hydrogens (tertiary/aromatic N) is 2. The highest BCUT2D eigenvalue weighted by Gasteiger charge is 2.13. The molecule has 0 aliphatic heterocycles. The van der Waals surface area contributed by atoms with Crippen molar-refractivity contribution in [1.29, 1.82) is 0 Å². The first kappa shape index (κ1) is 12.0. The third kappa shape index (κ3) is 2.15. The molecule has 0 saturated heterocycles. The van der Waals surface area contributed by atoms with Crippen LogP contribution in [0.1, 0.15) is 30.9 Å². The van der Waals surface area contributed by atoms with Gasteiger partial charge in [-0.3, -0.25) is 0 Å². The number of hydrogen-bond donors (Lipinski definition) is 1. The molecule has 0 radical (unpaired) electrons. The largest absolute Gasteiger partial charge is 0.383 e. The number of nitrogens with two attached hydrogens (primary N) is 1. The van der Waals surface area contributed by atoms with Crippen LogP contribution in [0.5, 0.6) is 0 Å². The van der Waals surface area contributed by atoms with E-state index in [-0.39, 0.29) is 0 Å². The molecule has 2 aromatic rings. The molecular weight excluding hydrogens is 234 g/mol. The fourth-order valence-corrected chi connectivity index (χ4v) is 2.09. The molecular formula is C13H16ClN3. The molecule has 1 aromatic carbocycles. The average molecular weight is 250 g/mol. The van der Waals surface area contributed by atoms with E-state index in [4.69, 9.17) is 17.3 Å². The van der Waals surface area contributed by atoms with Crippen LogP contribution in [0.2, 0.25) is 5.02 Å². The highest BCUT2D eigenvalue weighted by atomic mass is 35.5. The van der Waals surface area contributed by atoms with Crippen molar-refractivity contribution in [3.8, 4) is 5.69 Å². The molecule has 90 valence electrons. The van der Waals surface area contributed by atoms with Crippen LogP contribution in [0.25, 0.3) is 5.69 Å². The van der Waals surface area contributed by atoms with Crippen LogP contribution in [-0.2, 0) is 0 Å². The van der Waals surface area contributed by atoms with E-state index in [1.807, 2.05) is 31.3 Å². The van der Waals surface area contributed by atoms with Gasteiger partial charge in [0, 0.05) is 10.6 Å². The van der Waals surface area contributed by atoms with Gasteiger partial charge in [-0.05, 0) is 36.6 Å². The molecule has 0 amide bonds. The van der Waals surface area contributed by atoms with E-state index in [0.29, 0.717) is 11.7 Å². The first-order valence-electron chi connectivity index (χ1n) is 5.60. The molecule has 2 N–H and O–H groups in total. The second kappa shape index (κ2) is 4.41. The van der Waals surface area contributed by atoms with Crippen LogP contribution in [0.15, 0.2) is 24.4 Å². The van der Waals surface area contributed by atoms with Crippen molar-refractivity contribution in [3.63, 3.8) is 0 Å². The first-order chi connectivity index (χ1) is 8.00. The maximum Gasteiger partial charge on any atom is 0.130 e. The molecule has 0 fully saturated rings. The Labute approximate surface area is 106 Å². The third-order valence-electron chi connectivity index (χ3n) is 2.85. The highest BCUT2D eigenvalue weighted by Crippen LogP contribution is 2.26. The Morgan fingerprint density at radius 1 is 1.35 bits per heavy atom. The Balaban J connectivity index is 2.54. The van der Waals surface area contributed by atoms with Crippen LogP contribution in [0, 0.1) is 6.92 Å². The van der Waals surface area contributed by atoms with Crippen molar-refractivity contribution in [2.45, 2.75) is 26.7 Å². The van der Waals surface area contributed by atoms with Gasteiger partial charge in [0.1, 0.15) is 5.82 Å². The molecule has 0 spiro atoms. The van der Waals surface area contributed by atoms with Crippen LogP contribution in [0.4, 0.5) is 5.82 Å². The van der Waals surface area contributed by atoms with E-state index in [1.165, 1.54) is 0 Å². The number of anilines is 1. The lowest BCUT2D eigenvalue weighted by Gasteiger charge is -2.09. The predicted octanol–water partition coefficient (Wildman–Crippen LogP) is 3.54. The van der Waals surface area contributed by atoms with Gasteiger partial charge in [-0.1, -0.05) is 25.4 Å². The van der Waals surface area contributed by atoms with Crippen molar-refractivity contribution in [1.82, 2.24) is 9.78 Å². The maximum atomic E-state index is 6.11. The van der Waals surface area contributed by atoms with Gasteiger partial charge in [-0.25, -0.2) is 4.68 Å². The van der Waals surface area contributed by atoms with E-state index in [1.54, 1.807) is 4.68 Å². The van der Waals surface area contributed by atoms with E-state index in [2.05, 4.69) is 18.9 Å². The van der Waals surface area contributed by atoms with E-state index in [9.17, 15) is 0 Å². The lowest BCUT2D eigenvalue weighted by molar-refractivity contribution is 0.866. The Hall–Kier alpha value is -1.48. The Kier molecular flexibility index (Phi) is 3.11. The predicted molar refractivity (Wildman–Crippen MR) is 71.8 cm³/mol. The summed E-state index contributed by atoms with van der Waals surface area (Å²) in [6.45, 7) is 6.20. The molecule has 1 aromatic heterocycles. The van der Waals surface area contributed by atoms with E-state index in [0.717, 1.165) is 21.8 Å². The van der Waals surface area contributed by atoms with Gasteiger partial charge in [0.2, 0.25) is 0 Å². The van der Waals surface area contributed by atoms with Crippen molar-refractivity contribution in [2.24, 2.45) is 0 Å². The van der Waals surface area contributed by atoms with Crippen LogP contribution in [-0.4, -0.2) is 9.78 Å². The molecule has 0 saturated carbocycles. The average Bonchev–Trinajstić information content (AvgIpc) is 2.60. The fourth-order valence-electron chi connectivity index (χ4n) is 1.86. The summed E-state index contributed by atoms with van der Waals surface area (Å²) < 4.78 is 1.76. The lowest BCUT2D eigenvalue weighted by Crippen LogP contribution is -2.05. The molecule has 3 nitrogen and oxygen atoms in total. The zero-order valence-corrected chi connectivity index (χ0v) is 11.0. The summed E-state index contributed by atoms with van der Waals surface area (Å²) in [5.41, 5.74) is 9.21. The second-order valence-corrected chi connectivity index (χ2v) is 4.92. The number of nitrogen functional groups attached to an aromatic ring is 1. The standard InChI is InChI=1S/C13H16ClN3/c1-8(2)11-7-16-17(13(11)15)12-5-4-10(14)6-9(12)3/h4-8H,15H2,1-3H3. The topological polar surface area (TPSA) is 43.8 Å². The number of hydrogen-bond acceptors (Lipinski definition) is 2. The molecule has 0 atom stereocenters. The number of benzene rings is 1. The summed E-state index contributed by atoms with van der Waals surface area (Å²) in [4.78, 5) is 0. The minimum Gasteiger partial charge on any atom is -0.383 e. The number of halogens is 1. The lowest BCUT2D eigenvalue weighted by atomic mass is 10.1. The summed E-state index contributed by atoms with van der Waals surface area (Å²) in [5, 5.41) is 5.07. The van der Waals surface area contributed by atoms with Gasteiger partial charge in [-0.15, -0.1) is 0 Å². The summed E-state index contributed by atoms with van der Waals surface area (Å²) in [6.07, 6.45) is 1.83. The van der Waals surface area contributed by atoms with Gasteiger partial charge in [0.25, 0.3) is 0 Å². The normalized spacial score (nSPS) is 11.1. The zero-order chi connectivity index (χ0) is 12.6. The third-order valence-corrected chi connectivity index (χ3v) is 3.08. The quantitative estimate of drug-likeness (QED) is 0.885. The zero-order valence-electron chi connectivity index (χ0n) is 10.2. The molecule has 1 heterocycles. The molecule has 4 heteroatoms. The van der Waals surface area contributed by atoms with Gasteiger partial charge < -0.3 is 5.73 Å². The Morgan fingerprint density at radius 2 is 2.06 bits per heavy atom. The molecule has 0 aliphatic carbocycles. The molecule has 2 rings (SSSR count). The Bertz CT molecular complexity index is 544. The summed E-state index contributed by atoms with van der Waals surface area (Å²) in [6, 6.07) is 5.69. The van der Waals surface area contributed by atoms with Gasteiger partial charge in [0.15, 0.2) is 0 Å². The second-order valence-electron chi connectivity index (χ2n) is 4.48. The van der Waals surface area contributed by atoms with Crippen molar-refractivity contribution in [3.05, 3.63) is 40.5 Å². The minimum absolute atomic E-state index is 0.372. The smallest absolute Gasteiger partial charge is 0.130 e. The number of aromatic nitrogens is 2. The van der Waals surface area contributed by atoms with E-state index >= 15 is 0 Å². The Morgan fingerprint density at radius 3 is 2.59 bits per heavy atom. The summed E-state index contributed by atoms with van der Waals surface area (Å²) in [7, 11) is 0. The monoisotopic (exact) mass is 249 g/mol. The van der Waals surface area contributed by atoms with Gasteiger partial charge in [0.05, 0.1) is 11.9 Å². The van der Waals surface area contributed by atoms with E-state index < -0.39 is 0 Å². The summed E-state index contributed by atoms with van der Waals surface area (Å²) >= 11 is 5.94. The molecule has 0 aliphatic rings. The SMILES string of the molecule is Cc1cc(Cl)ccc1-n1ncc(C(C)C)c1N. The highest BCUT2D eigenvalue weighted by molar-refractivity contribution is 6.30. The van der Waals surface area contributed by atoms with Gasteiger partial charge in [-0.2, -0.15) is 5.10 Å². The summed E-state index contributed by atoms with van der Waals surface area (Å²) in [5.74, 6) is 1.07. The van der Waals surface area contributed by atoms with Crippen LogP contribution in [0.3, 0.4) is 0 Å². The fraction of sp³-hybridized carbons (Fsp3) is 0.308. The van der Waals surface area contributed by atoms with Crippen LogP contribution >= 0.6 is 11.6 Å². The van der Waals surface area contributed by atoms with Crippen LogP contribution < -0.4 is 5.73 Å². The molecule has 0 bridgehead atoms. The van der Waals surface area contributed by atoms with Gasteiger partial charge >= 0.3 is 0 Å². The van der Waals surface area contributed by atoms with Crippen molar-refractivity contribution < 1.29 is 0 Å². The molecule has 17 heavy (non-hydrogen) atoms.